The molecule has 0 aliphatic carbocycles. The molecule has 4 rings (SSSR count). The minimum Gasteiger partial charge on any atom is -0.459 e. The summed E-state index contributed by atoms with van der Waals surface area (Å²) in [5.41, 5.74) is 1.94. The maximum atomic E-state index is 13.0. The molecule has 1 aliphatic rings. The standard InChI is InChI=1S/C21H17F3N4O3/c1-13-8-18-19(30-13)17(2-3-26-18)20(29)28-6-4-27(5-7-28)15-9-14(12-25)10-16(11-15)31-21(22,23)24/h2-3,8-11H,4-7H2,1H3. The maximum Gasteiger partial charge on any atom is 0.573 e. The molecule has 0 atom stereocenters. The summed E-state index contributed by atoms with van der Waals surface area (Å²) in [5, 5.41) is 9.14. The Balaban J connectivity index is 1.50. The highest BCUT2D eigenvalue weighted by Crippen LogP contribution is 2.30. The van der Waals surface area contributed by atoms with Crippen molar-refractivity contribution >= 4 is 22.7 Å². The van der Waals surface area contributed by atoms with E-state index in [1.54, 1.807) is 30.2 Å². The molecule has 0 radical (unpaired) electrons. The van der Waals surface area contributed by atoms with Crippen LogP contribution in [0.1, 0.15) is 21.7 Å². The molecule has 1 saturated heterocycles. The fourth-order valence-electron chi connectivity index (χ4n) is 3.59. The van der Waals surface area contributed by atoms with Crippen LogP contribution in [0.15, 0.2) is 40.9 Å². The van der Waals surface area contributed by atoms with Crippen molar-refractivity contribution in [3.05, 3.63) is 53.4 Å². The number of pyridine rings is 1. The van der Waals surface area contributed by atoms with Gasteiger partial charge in [0.2, 0.25) is 0 Å². The number of aromatic nitrogens is 1. The van der Waals surface area contributed by atoms with Crippen LogP contribution in [0.2, 0.25) is 0 Å². The topological polar surface area (TPSA) is 82.6 Å². The molecule has 0 bridgehead atoms. The molecule has 160 valence electrons. The van der Waals surface area contributed by atoms with Gasteiger partial charge in [0.05, 0.1) is 17.2 Å². The number of piperazine rings is 1. The quantitative estimate of drug-likeness (QED) is 0.628. The summed E-state index contributed by atoms with van der Waals surface area (Å²) in [7, 11) is 0. The van der Waals surface area contributed by atoms with Gasteiger partial charge in [0.25, 0.3) is 5.91 Å². The van der Waals surface area contributed by atoms with Gasteiger partial charge in [-0.3, -0.25) is 9.78 Å². The largest absolute Gasteiger partial charge is 0.573 e. The molecule has 1 fully saturated rings. The van der Waals surface area contributed by atoms with E-state index in [0.717, 1.165) is 6.07 Å². The van der Waals surface area contributed by atoms with Gasteiger partial charge in [-0.05, 0) is 25.1 Å². The predicted molar refractivity (Wildman–Crippen MR) is 105 cm³/mol. The SMILES string of the molecule is Cc1cc2nccc(C(=O)N3CCN(c4cc(C#N)cc(OC(F)(F)F)c4)CC3)c2o1. The van der Waals surface area contributed by atoms with Gasteiger partial charge in [0, 0.05) is 50.2 Å². The number of fused-ring (bicyclic) bond motifs is 1. The number of hydrogen-bond acceptors (Lipinski definition) is 6. The number of benzene rings is 1. The zero-order valence-corrected chi connectivity index (χ0v) is 16.4. The second-order valence-electron chi connectivity index (χ2n) is 7.08. The summed E-state index contributed by atoms with van der Waals surface area (Å²) in [4.78, 5) is 20.7. The van der Waals surface area contributed by atoms with Crippen molar-refractivity contribution in [1.29, 1.82) is 5.26 Å². The molecule has 1 aromatic carbocycles. The average Bonchev–Trinajstić information content (AvgIpc) is 3.12. The van der Waals surface area contributed by atoms with E-state index in [4.69, 9.17) is 9.68 Å². The first-order valence-corrected chi connectivity index (χ1v) is 9.44. The number of rotatable bonds is 3. The fourth-order valence-corrected chi connectivity index (χ4v) is 3.59. The van der Waals surface area contributed by atoms with Crippen LogP contribution in [0.4, 0.5) is 18.9 Å². The third-order valence-corrected chi connectivity index (χ3v) is 4.95. The summed E-state index contributed by atoms with van der Waals surface area (Å²) in [5.74, 6) is 0.00233. The molecule has 2 aromatic heterocycles. The monoisotopic (exact) mass is 430 g/mol. The molecule has 0 spiro atoms. The van der Waals surface area contributed by atoms with Crippen LogP contribution in [0.5, 0.6) is 5.75 Å². The summed E-state index contributed by atoms with van der Waals surface area (Å²) in [6, 6.07) is 8.99. The Morgan fingerprint density at radius 2 is 1.94 bits per heavy atom. The van der Waals surface area contributed by atoms with Gasteiger partial charge in [0.1, 0.15) is 17.0 Å². The summed E-state index contributed by atoms with van der Waals surface area (Å²) >= 11 is 0. The molecule has 7 nitrogen and oxygen atoms in total. The number of anilines is 1. The molecular weight excluding hydrogens is 413 g/mol. The Bertz CT molecular complexity index is 1170. The molecule has 31 heavy (non-hydrogen) atoms. The van der Waals surface area contributed by atoms with E-state index in [-0.39, 0.29) is 11.5 Å². The first-order valence-electron chi connectivity index (χ1n) is 9.44. The number of halogens is 3. The number of amides is 1. The van der Waals surface area contributed by atoms with E-state index in [1.165, 1.54) is 12.1 Å². The van der Waals surface area contributed by atoms with Crippen molar-refractivity contribution in [2.45, 2.75) is 13.3 Å². The van der Waals surface area contributed by atoms with Gasteiger partial charge in [-0.15, -0.1) is 13.2 Å². The van der Waals surface area contributed by atoms with Crippen LogP contribution in [0.3, 0.4) is 0 Å². The summed E-state index contributed by atoms with van der Waals surface area (Å²) < 4.78 is 47.4. The third kappa shape index (κ3) is 4.40. The van der Waals surface area contributed by atoms with Gasteiger partial charge in [0.15, 0.2) is 5.58 Å². The number of furan rings is 1. The number of alkyl halides is 3. The minimum atomic E-state index is -4.85. The maximum absolute atomic E-state index is 13.0. The predicted octanol–water partition coefficient (Wildman–Crippen LogP) is 3.87. The Hall–Kier alpha value is -3.74. The van der Waals surface area contributed by atoms with Crippen LogP contribution < -0.4 is 9.64 Å². The Morgan fingerprint density at radius 3 is 2.61 bits per heavy atom. The number of nitrogens with zero attached hydrogens (tertiary/aromatic N) is 4. The van der Waals surface area contributed by atoms with E-state index in [0.29, 0.717) is 54.3 Å². The van der Waals surface area contributed by atoms with Crippen molar-refractivity contribution in [1.82, 2.24) is 9.88 Å². The number of carbonyl (C=O) groups excluding carboxylic acids is 1. The van der Waals surface area contributed by atoms with Crippen LogP contribution in [-0.4, -0.2) is 48.3 Å². The lowest BCUT2D eigenvalue weighted by Gasteiger charge is -2.36. The van der Waals surface area contributed by atoms with E-state index in [9.17, 15) is 18.0 Å². The molecule has 0 N–H and O–H groups in total. The highest BCUT2D eigenvalue weighted by Gasteiger charge is 2.32. The van der Waals surface area contributed by atoms with Crippen LogP contribution in [0, 0.1) is 18.3 Å². The molecule has 0 unspecified atom stereocenters. The number of nitriles is 1. The van der Waals surface area contributed by atoms with Gasteiger partial charge in [-0.1, -0.05) is 0 Å². The van der Waals surface area contributed by atoms with E-state index >= 15 is 0 Å². The van der Waals surface area contributed by atoms with Gasteiger partial charge < -0.3 is 19.0 Å². The first kappa shape index (κ1) is 20.5. The number of ether oxygens (including phenoxy) is 1. The molecule has 10 heteroatoms. The van der Waals surface area contributed by atoms with Gasteiger partial charge in [-0.25, -0.2) is 0 Å². The van der Waals surface area contributed by atoms with Crippen molar-refractivity contribution in [3.63, 3.8) is 0 Å². The van der Waals surface area contributed by atoms with E-state index in [1.807, 2.05) is 11.0 Å². The van der Waals surface area contributed by atoms with E-state index in [2.05, 4.69) is 9.72 Å². The smallest absolute Gasteiger partial charge is 0.459 e. The first-order chi connectivity index (χ1) is 14.7. The lowest BCUT2D eigenvalue weighted by molar-refractivity contribution is -0.274. The average molecular weight is 430 g/mol. The Kier molecular flexibility index (Phi) is 5.19. The highest BCUT2D eigenvalue weighted by molar-refractivity contribution is 6.04. The summed E-state index contributed by atoms with van der Waals surface area (Å²) in [6.07, 6.45) is -3.30. The lowest BCUT2D eigenvalue weighted by atomic mass is 10.1. The minimum absolute atomic E-state index is 0.0580. The third-order valence-electron chi connectivity index (χ3n) is 4.95. The van der Waals surface area contributed by atoms with Gasteiger partial charge >= 0.3 is 6.36 Å². The number of carbonyl (C=O) groups is 1. The molecule has 3 heterocycles. The molecule has 1 amide bonds. The second kappa shape index (κ2) is 7.83. The van der Waals surface area contributed by atoms with Crippen molar-refractivity contribution in [2.24, 2.45) is 0 Å². The zero-order valence-electron chi connectivity index (χ0n) is 16.4. The highest BCUT2D eigenvalue weighted by atomic mass is 19.4. The van der Waals surface area contributed by atoms with Crippen LogP contribution >= 0.6 is 0 Å². The normalized spacial score (nSPS) is 14.5. The molecule has 1 aliphatic heterocycles. The Labute approximate surface area is 175 Å². The van der Waals surface area contributed by atoms with Crippen molar-refractivity contribution < 1.29 is 27.1 Å². The summed E-state index contributed by atoms with van der Waals surface area (Å²) in [6.45, 7) is 3.26. The fraction of sp³-hybridized carbons (Fsp3) is 0.286. The second-order valence-corrected chi connectivity index (χ2v) is 7.08. The van der Waals surface area contributed by atoms with Crippen molar-refractivity contribution in [2.75, 3.05) is 31.1 Å². The Morgan fingerprint density at radius 1 is 1.19 bits per heavy atom. The lowest BCUT2D eigenvalue weighted by Crippen LogP contribution is -2.48. The number of aryl methyl sites for hydroxylation is 1. The van der Waals surface area contributed by atoms with E-state index < -0.39 is 12.1 Å². The van der Waals surface area contributed by atoms with Crippen molar-refractivity contribution in [3.8, 4) is 11.8 Å². The molecular formula is C21H17F3N4O3. The van der Waals surface area contributed by atoms with Crippen LogP contribution in [-0.2, 0) is 0 Å². The van der Waals surface area contributed by atoms with Crippen LogP contribution in [0.25, 0.3) is 11.1 Å². The molecule has 3 aromatic rings. The molecule has 0 saturated carbocycles. The number of hydrogen-bond donors (Lipinski definition) is 0. The van der Waals surface area contributed by atoms with Gasteiger partial charge in [-0.2, -0.15) is 5.26 Å². The zero-order chi connectivity index (χ0) is 22.2.